The number of aliphatic hydroxyl groups excluding tert-OH is 1. The largest absolute Gasteiger partial charge is 0.512 e. The quantitative estimate of drug-likeness (QED) is 0.0877. The summed E-state index contributed by atoms with van der Waals surface area (Å²) in [5, 5.41) is 15.9. The van der Waals surface area contributed by atoms with Crippen LogP contribution in [0.25, 0.3) is 54.5 Å². The van der Waals surface area contributed by atoms with Gasteiger partial charge in [0.05, 0.1) is 11.3 Å². The number of carbonyl (C=O) groups is 1. The predicted molar refractivity (Wildman–Crippen MR) is 146 cm³/mol. The molecule has 5 heteroatoms. The minimum Gasteiger partial charge on any atom is -0.512 e. The van der Waals surface area contributed by atoms with Crippen LogP contribution in [0.2, 0.25) is 0 Å². The van der Waals surface area contributed by atoms with Crippen molar-refractivity contribution in [2.75, 3.05) is 0 Å². The smallest absolute Gasteiger partial charge is 0.155 e. The van der Waals surface area contributed by atoms with Crippen molar-refractivity contribution < 1.29 is 34.4 Å². The molecule has 0 bridgehead atoms. The summed E-state index contributed by atoms with van der Waals surface area (Å²) >= 11 is 0. The molecule has 37 heavy (non-hydrogen) atoms. The van der Waals surface area contributed by atoms with Crippen molar-refractivity contribution in [3.63, 3.8) is 0 Å². The second kappa shape index (κ2) is 11.0. The summed E-state index contributed by atoms with van der Waals surface area (Å²) in [7, 11) is 0. The van der Waals surface area contributed by atoms with Crippen LogP contribution in [0.4, 0.5) is 4.39 Å². The molecule has 0 spiro atoms. The Hall–Kier alpha value is -3.92. The molecule has 0 aliphatic heterocycles. The fourth-order valence-corrected chi connectivity index (χ4v) is 4.52. The van der Waals surface area contributed by atoms with Crippen molar-refractivity contribution in [2.45, 2.75) is 13.8 Å². The van der Waals surface area contributed by atoms with E-state index in [-0.39, 0.29) is 37.5 Å². The van der Waals surface area contributed by atoms with Gasteiger partial charge < -0.3 is 5.11 Å². The number of allylic oxidation sites excluding steroid dienone is 2. The fraction of sp³-hybridized carbons (Fsp3) is 0.0625. The van der Waals surface area contributed by atoms with Crippen molar-refractivity contribution in [3.05, 3.63) is 115 Å². The number of fused-ring (bicyclic) bond motifs is 6. The van der Waals surface area contributed by atoms with Gasteiger partial charge in [-0.25, -0.2) is 4.39 Å². The molecule has 0 saturated heterocycles. The van der Waals surface area contributed by atoms with Crippen LogP contribution in [0.3, 0.4) is 0 Å². The van der Waals surface area contributed by atoms with Crippen molar-refractivity contribution in [1.82, 2.24) is 4.98 Å². The first-order valence-corrected chi connectivity index (χ1v) is 11.6. The average molecular weight is 665 g/mol. The molecule has 1 heterocycles. The van der Waals surface area contributed by atoms with Crippen LogP contribution in [0.1, 0.15) is 13.8 Å². The van der Waals surface area contributed by atoms with Gasteiger partial charge in [-0.1, -0.05) is 88.5 Å². The third kappa shape index (κ3) is 5.43. The zero-order valence-electron chi connectivity index (χ0n) is 20.3. The van der Waals surface area contributed by atoms with Gasteiger partial charge >= 0.3 is 0 Å². The third-order valence-electron chi connectivity index (χ3n) is 5.99. The Morgan fingerprint density at radius 3 is 2.19 bits per heavy atom. The maximum atomic E-state index is 13.6. The molecule has 185 valence electrons. The van der Waals surface area contributed by atoms with E-state index >= 15 is 0 Å². The zero-order valence-corrected chi connectivity index (χ0v) is 22.6. The van der Waals surface area contributed by atoms with Crippen molar-refractivity contribution >= 4 is 49.0 Å². The van der Waals surface area contributed by atoms with E-state index in [4.69, 9.17) is 10.1 Å². The van der Waals surface area contributed by atoms with E-state index in [1.165, 1.54) is 36.8 Å². The first-order chi connectivity index (χ1) is 17.4. The Bertz CT molecular complexity index is 1810. The molecular formula is C32H23FIrNO2-. The first-order valence-electron chi connectivity index (χ1n) is 11.6. The molecule has 1 aromatic heterocycles. The molecule has 0 fully saturated rings. The van der Waals surface area contributed by atoms with Gasteiger partial charge in [0.1, 0.15) is 5.82 Å². The van der Waals surface area contributed by atoms with Crippen LogP contribution in [0, 0.1) is 11.9 Å². The van der Waals surface area contributed by atoms with Gasteiger partial charge in [-0.15, -0.1) is 17.5 Å². The maximum absolute atomic E-state index is 13.6. The molecule has 5 aromatic carbocycles. The van der Waals surface area contributed by atoms with Gasteiger partial charge in [-0.2, -0.15) is 0 Å². The van der Waals surface area contributed by atoms with Crippen molar-refractivity contribution in [1.29, 1.82) is 0 Å². The standard InChI is InChI=1S/C27H15FN.C5H8O2.Ir/c28-19-10-11-21-18(15-19)9-13-26-24(21)12-14-27(29-26)25-16-17-5-1-2-6-20(17)22-7-3-4-8-23(22)25;1-4(6)3-5(2)7;/h1-15H;3,6H,1-2H3;/q-1;;/b;4-3-;. The van der Waals surface area contributed by atoms with Gasteiger partial charge in [0.25, 0.3) is 0 Å². The number of carbonyl (C=O) groups excluding carboxylic acids is 1. The van der Waals surface area contributed by atoms with E-state index in [2.05, 4.69) is 54.6 Å². The van der Waals surface area contributed by atoms with E-state index in [1.54, 1.807) is 6.07 Å². The van der Waals surface area contributed by atoms with Crippen LogP contribution in [-0.2, 0) is 24.9 Å². The van der Waals surface area contributed by atoms with Crippen LogP contribution in [0.5, 0.6) is 0 Å². The molecule has 6 rings (SSSR count). The number of aromatic nitrogens is 1. The van der Waals surface area contributed by atoms with E-state index in [9.17, 15) is 9.18 Å². The Kier molecular flexibility index (Phi) is 7.77. The number of rotatable bonds is 2. The number of halogens is 1. The molecule has 0 unspecified atom stereocenters. The molecule has 1 radical (unpaired) electrons. The average Bonchev–Trinajstić information content (AvgIpc) is 2.87. The minimum atomic E-state index is -0.223. The number of nitrogens with zero attached hydrogens (tertiary/aromatic N) is 1. The van der Waals surface area contributed by atoms with E-state index in [0.29, 0.717) is 0 Å². The summed E-state index contributed by atoms with van der Waals surface area (Å²) in [5.74, 6) is -0.286. The Labute approximate surface area is 227 Å². The SMILES string of the molecule is CC(=O)/C=C(/C)O.Fc1ccc2c(ccc3nc(-c4[c-]c5ccccc5c5ccccc45)ccc32)c1.[Ir]. The molecule has 3 nitrogen and oxygen atoms in total. The summed E-state index contributed by atoms with van der Waals surface area (Å²) in [6.07, 6.45) is 1.17. The number of aliphatic hydroxyl groups is 1. The van der Waals surface area contributed by atoms with E-state index < -0.39 is 0 Å². The first kappa shape index (κ1) is 26.2. The second-order valence-corrected chi connectivity index (χ2v) is 8.68. The molecule has 6 aromatic rings. The van der Waals surface area contributed by atoms with Crippen LogP contribution < -0.4 is 0 Å². The van der Waals surface area contributed by atoms with E-state index in [1.807, 2.05) is 30.3 Å². The number of pyridine rings is 1. The summed E-state index contributed by atoms with van der Waals surface area (Å²) in [5.41, 5.74) is 2.79. The summed E-state index contributed by atoms with van der Waals surface area (Å²) < 4.78 is 13.6. The Balaban J connectivity index is 0.000000356. The zero-order chi connectivity index (χ0) is 25.2. The van der Waals surface area contributed by atoms with Crippen LogP contribution >= 0.6 is 0 Å². The monoisotopic (exact) mass is 665 g/mol. The number of benzene rings is 5. The van der Waals surface area contributed by atoms with Crippen LogP contribution in [-0.4, -0.2) is 15.9 Å². The summed E-state index contributed by atoms with van der Waals surface area (Å²) in [6, 6.07) is 33.2. The molecule has 0 atom stereocenters. The maximum Gasteiger partial charge on any atom is 0.155 e. The van der Waals surface area contributed by atoms with Gasteiger partial charge in [-0.05, 0) is 42.8 Å². The predicted octanol–water partition coefficient (Wildman–Crippen LogP) is 8.34. The molecular weight excluding hydrogens is 642 g/mol. The molecule has 0 aliphatic carbocycles. The van der Waals surface area contributed by atoms with Gasteiger partial charge in [0, 0.05) is 37.3 Å². The molecule has 1 N–H and O–H groups in total. The Morgan fingerprint density at radius 1 is 0.811 bits per heavy atom. The number of ketones is 1. The minimum absolute atomic E-state index is 0. The Morgan fingerprint density at radius 2 is 1.49 bits per heavy atom. The van der Waals surface area contributed by atoms with Gasteiger partial charge in [-0.3, -0.25) is 9.78 Å². The number of hydrogen-bond acceptors (Lipinski definition) is 3. The van der Waals surface area contributed by atoms with Crippen molar-refractivity contribution in [2.24, 2.45) is 0 Å². The fourth-order valence-electron chi connectivity index (χ4n) is 4.52. The van der Waals surface area contributed by atoms with Gasteiger partial charge in [0.15, 0.2) is 5.78 Å². The summed E-state index contributed by atoms with van der Waals surface area (Å²) in [4.78, 5) is 15.0. The third-order valence-corrected chi connectivity index (χ3v) is 5.99. The summed E-state index contributed by atoms with van der Waals surface area (Å²) in [6.45, 7) is 2.85. The van der Waals surface area contributed by atoms with Crippen molar-refractivity contribution in [3.8, 4) is 11.3 Å². The van der Waals surface area contributed by atoms with Crippen LogP contribution in [0.15, 0.2) is 103 Å². The van der Waals surface area contributed by atoms with Gasteiger partial charge in [0.2, 0.25) is 0 Å². The molecule has 0 amide bonds. The normalized spacial score (nSPS) is 11.3. The number of hydrogen-bond donors (Lipinski definition) is 1. The second-order valence-electron chi connectivity index (χ2n) is 8.68. The molecule has 0 aliphatic rings. The molecule has 0 saturated carbocycles. The van der Waals surface area contributed by atoms with E-state index in [0.717, 1.165) is 43.7 Å². The topological polar surface area (TPSA) is 50.2 Å².